The number of phenolic OH excluding ortho intramolecular Hbond substituents is 1. The molecule has 2 N–H and O–H groups in total. The van der Waals surface area contributed by atoms with E-state index >= 15 is 0 Å². The average Bonchev–Trinajstić information content (AvgIpc) is 2.33. The Morgan fingerprint density at radius 3 is 2.50 bits per heavy atom. The summed E-state index contributed by atoms with van der Waals surface area (Å²) in [6.45, 7) is 0. The van der Waals surface area contributed by atoms with Gasteiger partial charge in [-0.1, -0.05) is 17.7 Å². The first kappa shape index (κ1) is 12.4. The highest BCUT2D eigenvalue weighted by molar-refractivity contribution is 6.32. The maximum absolute atomic E-state index is 13.6. The van der Waals surface area contributed by atoms with Gasteiger partial charge in [0, 0.05) is 5.56 Å². The van der Waals surface area contributed by atoms with E-state index < -0.39 is 11.8 Å². The third-order valence-electron chi connectivity index (χ3n) is 2.47. The number of carboxylic acids is 1. The fraction of sp³-hybridized carbons (Fsp3) is 0. The first-order valence-electron chi connectivity index (χ1n) is 5.01. The maximum atomic E-state index is 13.6. The lowest BCUT2D eigenvalue weighted by atomic mass is 10.0. The Morgan fingerprint density at radius 1 is 1.17 bits per heavy atom. The second-order valence-electron chi connectivity index (χ2n) is 3.67. The van der Waals surface area contributed by atoms with E-state index in [-0.39, 0.29) is 21.9 Å². The quantitative estimate of drug-likeness (QED) is 0.874. The Morgan fingerprint density at radius 2 is 1.89 bits per heavy atom. The van der Waals surface area contributed by atoms with Crippen molar-refractivity contribution in [2.24, 2.45) is 0 Å². The molecule has 0 fully saturated rings. The third kappa shape index (κ3) is 2.28. The lowest BCUT2D eigenvalue weighted by Crippen LogP contribution is -1.97. The van der Waals surface area contributed by atoms with Crippen LogP contribution in [0.5, 0.6) is 5.75 Å². The van der Waals surface area contributed by atoms with Crippen molar-refractivity contribution in [1.29, 1.82) is 0 Å². The third-order valence-corrected chi connectivity index (χ3v) is 2.79. The van der Waals surface area contributed by atoms with Crippen molar-refractivity contribution in [2.75, 3.05) is 0 Å². The van der Waals surface area contributed by atoms with Crippen molar-refractivity contribution >= 4 is 17.6 Å². The second-order valence-corrected chi connectivity index (χ2v) is 4.07. The van der Waals surface area contributed by atoms with E-state index in [1.807, 2.05) is 0 Å². The van der Waals surface area contributed by atoms with E-state index in [1.54, 1.807) is 0 Å². The monoisotopic (exact) mass is 266 g/mol. The lowest BCUT2D eigenvalue weighted by molar-refractivity contribution is 0.0697. The summed E-state index contributed by atoms with van der Waals surface area (Å²) in [6, 6.07) is 7.67. The van der Waals surface area contributed by atoms with Gasteiger partial charge < -0.3 is 10.2 Å². The van der Waals surface area contributed by atoms with Crippen LogP contribution in [0.3, 0.4) is 0 Å². The summed E-state index contributed by atoms with van der Waals surface area (Å²) in [4.78, 5) is 10.8. The van der Waals surface area contributed by atoms with Gasteiger partial charge in [0.05, 0.1) is 10.6 Å². The molecule has 0 aliphatic carbocycles. The number of phenols is 1. The first-order chi connectivity index (χ1) is 8.49. The zero-order chi connectivity index (χ0) is 13.3. The number of hydrogen-bond donors (Lipinski definition) is 2. The van der Waals surface area contributed by atoms with Crippen molar-refractivity contribution in [3.8, 4) is 16.9 Å². The molecule has 0 bridgehead atoms. The molecule has 92 valence electrons. The summed E-state index contributed by atoms with van der Waals surface area (Å²) in [5, 5.41) is 18.5. The Bertz CT molecular complexity index is 626. The number of halogens is 2. The number of aromatic carboxylic acids is 1. The standard InChI is InChI=1S/C13H8ClFO3/c14-10-3-1-7(6-12(10)16)9-5-8(13(17)18)2-4-11(9)15/h1-6,16H,(H,17,18). The average molecular weight is 267 g/mol. The molecule has 0 radical (unpaired) electrons. The molecule has 2 aromatic rings. The van der Waals surface area contributed by atoms with E-state index in [4.69, 9.17) is 16.7 Å². The van der Waals surface area contributed by atoms with Crippen LogP contribution >= 0.6 is 11.6 Å². The molecule has 0 heterocycles. The van der Waals surface area contributed by atoms with Crippen molar-refractivity contribution in [1.82, 2.24) is 0 Å². The minimum atomic E-state index is -1.14. The summed E-state index contributed by atoms with van der Waals surface area (Å²) < 4.78 is 13.6. The molecule has 0 atom stereocenters. The van der Waals surface area contributed by atoms with Gasteiger partial charge in [-0.3, -0.25) is 0 Å². The van der Waals surface area contributed by atoms with Crippen LogP contribution in [0.25, 0.3) is 11.1 Å². The SMILES string of the molecule is O=C(O)c1ccc(F)c(-c2ccc(Cl)c(O)c2)c1. The number of benzene rings is 2. The number of carboxylic acid groups (broad SMARTS) is 1. The lowest BCUT2D eigenvalue weighted by Gasteiger charge is -2.06. The summed E-state index contributed by atoms with van der Waals surface area (Å²) in [5.41, 5.74) is 0.431. The Balaban J connectivity index is 2.58. The fourth-order valence-corrected chi connectivity index (χ4v) is 1.68. The normalized spacial score (nSPS) is 10.3. The molecule has 0 aromatic heterocycles. The Kier molecular flexibility index (Phi) is 3.21. The van der Waals surface area contributed by atoms with Gasteiger partial charge in [-0.25, -0.2) is 9.18 Å². The van der Waals surface area contributed by atoms with E-state index in [1.165, 1.54) is 30.3 Å². The number of rotatable bonds is 2. The van der Waals surface area contributed by atoms with Crippen LogP contribution in [0.1, 0.15) is 10.4 Å². The topological polar surface area (TPSA) is 57.5 Å². The maximum Gasteiger partial charge on any atom is 0.335 e. The molecule has 0 saturated carbocycles. The molecule has 0 aliphatic rings. The summed E-state index contributed by atoms with van der Waals surface area (Å²) >= 11 is 5.65. The predicted molar refractivity (Wildman–Crippen MR) is 65.5 cm³/mol. The molecule has 0 aliphatic heterocycles. The van der Waals surface area contributed by atoms with E-state index in [0.29, 0.717) is 5.56 Å². The van der Waals surface area contributed by atoms with Crippen molar-refractivity contribution < 1.29 is 19.4 Å². The van der Waals surface area contributed by atoms with Crippen LogP contribution in [-0.4, -0.2) is 16.2 Å². The highest BCUT2D eigenvalue weighted by Gasteiger charge is 2.11. The van der Waals surface area contributed by atoms with Gasteiger partial charge in [-0.15, -0.1) is 0 Å². The van der Waals surface area contributed by atoms with Gasteiger partial charge in [-0.2, -0.15) is 0 Å². The summed E-state index contributed by atoms with van der Waals surface area (Å²) in [7, 11) is 0. The van der Waals surface area contributed by atoms with Crippen LogP contribution in [0.4, 0.5) is 4.39 Å². The number of carbonyl (C=O) groups is 1. The van der Waals surface area contributed by atoms with Gasteiger partial charge in [0.25, 0.3) is 0 Å². The van der Waals surface area contributed by atoms with Gasteiger partial charge in [0.2, 0.25) is 0 Å². The van der Waals surface area contributed by atoms with Crippen LogP contribution in [-0.2, 0) is 0 Å². The highest BCUT2D eigenvalue weighted by Crippen LogP contribution is 2.31. The number of aromatic hydroxyl groups is 1. The summed E-state index contributed by atoms with van der Waals surface area (Å²) in [6.07, 6.45) is 0. The molecule has 18 heavy (non-hydrogen) atoms. The van der Waals surface area contributed by atoms with Gasteiger partial charge in [-0.05, 0) is 35.9 Å². The van der Waals surface area contributed by atoms with Gasteiger partial charge in [0.1, 0.15) is 11.6 Å². The first-order valence-corrected chi connectivity index (χ1v) is 5.38. The number of hydrogen-bond acceptors (Lipinski definition) is 2. The molecule has 2 rings (SSSR count). The minimum absolute atomic E-state index is 0.0270. The largest absolute Gasteiger partial charge is 0.506 e. The molecule has 0 amide bonds. The molecular formula is C13H8ClFO3. The fourth-order valence-electron chi connectivity index (χ4n) is 1.56. The molecule has 5 heteroatoms. The summed E-state index contributed by atoms with van der Waals surface area (Å²) in [5.74, 6) is -1.90. The van der Waals surface area contributed by atoms with E-state index in [9.17, 15) is 14.3 Å². The zero-order valence-electron chi connectivity index (χ0n) is 9.02. The van der Waals surface area contributed by atoms with Gasteiger partial charge >= 0.3 is 5.97 Å². The van der Waals surface area contributed by atoms with E-state index in [2.05, 4.69) is 0 Å². The van der Waals surface area contributed by atoms with E-state index in [0.717, 1.165) is 6.07 Å². The van der Waals surface area contributed by atoms with Crippen molar-refractivity contribution in [2.45, 2.75) is 0 Å². The van der Waals surface area contributed by atoms with Crippen LogP contribution in [0.15, 0.2) is 36.4 Å². The Labute approximate surface area is 107 Å². The van der Waals surface area contributed by atoms with Crippen LogP contribution < -0.4 is 0 Å². The molecule has 0 saturated heterocycles. The van der Waals surface area contributed by atoms with Crippen molar-refractivity contribution in [3.63, 3.8) is 0 Å². The molecule has 0 spiro atoms. The van der Waals surface area contributed by atoms with Crippen LogP contribution in [0.2, 0.25) is 5.02 Å². The molecule has 0 unspecified atom stereocenters. The zero-order valence-corrected chi connectivity index (χ0v) is 9.78. The smallest absolute Gasteiger partial charge is 0.335 e. The minimum Gasteiger partial charge on any atom is -0.506 e. The Hall–Kier alpha value is -2.07. The predicted octanol–water partition coefficient (Wildman–Crippen LogP) is 3.55. The highest BCUT2D eigenvalue weighted by atomic mass is 35.5. The molecular weight excluding hydrogens is 259 g/mol. The second kappa shape index (κ2) is 4.66. The molecule has 2 aromatic carbocycles. The van der Waals surface area contributed by atoms with Gasteiger partial charge in [0.15, 0.2) is 0 Å². The van der Waals surface area contributed by atoms with Crippen molar-refractivity contribution in [3.05, 3.63) is 52.8 Å². The van der Waals surface area contributed by atoms with Crippen LogP contribution in [0, 0.1) is 5.82 Å². The molecule has 3 nitrogen and oxygen atoms in total.